The van der Waals surface area contributed by atoms with Crippen LogP contribution in [0.2, 0.25) is 0 Å². The maximum absolute atomic E-state index is 13.2. The highest BCUT2D eigenvalue weighted by molar-refractivity contribution is 5.77. The van der Waals surface area contributed by atoms with Gasteiger partial charge in [0.25, 0.3) is 0 Å². The van der Waals surface area contributed by atoms with Crippen LogP contribution in [-0.4, -0.2) is 46.9 Å². The first kappa shape index (κ1) is 58.5. The molecule has 0 aliphatic heterocycles. The third-order valence-corrected chi connectivity index (χ3v) is 10.8. The van der Waals surface area contributed by atoms with Crippen molar-refractivity contribution in [3.63, 3.8) is 0 Å². The van der Waals surface area contributed by atoms with Crippen molar-refractivity contribution in [1.82, 2.24) is 5.32 Å². The number of unbranched alkanes of at least 4 members (excludes halogenated alkanes) is 18. The molecule has 0 aliphatic carbocycles. The van der Waals surface area contributed by atoms with Crippen LogP contribution in [0.4, 0.5) is 0 Å². The molecule has 6 heteroatoms. The van der Waals surface area contributed by atoms with E-state index in [-0.39, 0.29) is 24.9 Å². The van der Waals surface area contributed by atoms with E-state index in [9.17, 15) is 19.8 Å². The van der Waals surface area contributed by atoms with E-state index >= 15 is 0 Å². The van der Waals surface area contributed by atoms with Crippen LogP contribution in [0.25, 0.3) is 0 Å². The van der Waals surface area contributed by atoms with E-state index in [1.54, 1.807) is 0 Å². The van der Waals surface area contributed by atoms with Crippen LogP contribution in [0.5, 0.6) is 0 Å². The van der Waals surface area contributed by atoms with Gasteiger partial charge in [0, 0.05) is 6.42 Å². The highest BCUT2D eigenvalue weighted by Gasteiger charge is 2.24. The van der Waals surface area contributed by atoms with E-state index < -0.39 is 18.2 Å². The molecular weight excluding hydrogens is 767 g/mol. The second-order valence-electron chi connectivity index (χ2n) is 16.6. The van der Waals surface area contributed by atoms with Gasteiger partial charge in [0.1, 0.15) is 6.10 Å². The number of hydrogen-bond donors (Lipinski definition) is 3. The Morgan fingerprint density at radius 1 is 0.500 bits per heavy atom. The Bertz CT molecular complexity index is 1280. The van der Waals surface area contributed by atoms with Crippen molar-refractivity contribution in [2.45, 2.75) is 225 Å². The highest BCUT2D eigenvalue weighted by atomic mass is 16.5. The molecule has 0 saturated heterocycles. The van der Waals surface area contributed by atoms with Gasteiger partial charge in [-0.3, -0.25) is 9.59 Å². The Balaban J connectivity index is 4.78. The molecular formula is C56H93NO5. The number of amides is 1. The predicted molar refractivity (Wildman–Crippen MR) is 268 cm³/mol. The Morgan fingerprint density at radius 3 is 1.53 bits per heavy atom. The number of carbonyl (C=O) groups is 2. The van der Waals surface area contributed by atoms with Crippen LogP contribution in [0.1, 0.15) is 207 Å². The van der Waals surface area contributed by atoms with Crippen LogP contribution in [0.15, 0.2) is 109 Å². The van der Waals surface area contributed by atoms with Crippen LogP contribution in [-0.2, 0) is 14.3 Å². The lowest BCUT2D eigenvalue weighted by Crippen LogP contribution is -2.46. The van der Waals surface area contributed by atoms with Crippen molar-refractivity contribution in [1.29, 1.82) is 0 Å². The SMILES string of the molecule is CC\C=C/C=C/C=C/C=C\C=C\C=C\CCCC(CC(=O)NC(CO)C(O)CCCCCCCCCCCCCCCC)OC(=O)CCCCCC/C=C/C/C=C/C/C=C/CC. The van der Waals surface area contributed by atoms with Gasteiger partial charge in [0.2, 0.25) is 5.91 Å². The number of carbonyl (C=O) groups excluding carboxylic acids is 2. The minimum Gasteiger partial charge on any atom is -0.462 e. The van der Waals surface area contributed by atoms with Gasteiger partial charge in [-0.1, -0.05) is 233 Å². The Hall–Kier alpha value is -3.48. The molecule has 6 nitrogen and oxygen atoms in total. The van der Waals surface area contributed by atoms with Gasteiger partial charge in [-0.15, -0.1) is 0 Å². The molecule has 3 N–H and O–H groups in total. The fourth-order valence-electron chi connectivity index (χ4n) is 7.01. The molecule has 0 spiro atoms. The Kier molecular flexibility index (Phi) is 45.8. The van der Waals surface area contributed by atoms with Gasteiger partial charge in [-0.05, 0) is 70.6 Å². The molecule has 1 amide bonds. The number of nitrogens with one attached hydrogen (secondary N) is 1. The number of esters is 1. The Morgan fingerprint density at radius 2 is 0.968 bits per heavy atom. The van der Waals surface area contributed by atoms with Gasteiger partial charge < -0.3 is 20.3 Å². The molecule has 0 aromatic rings. The van der Waals surface area contributed by atoms with Crippen LogP contribution >= 0.6 is 0 Å². The summed E-state index contributed by atoms with van der Waals surface area (Å²) in [6, 6.07) is -0.737. The fraction of sp³-hybridized carbons (Fsp3) is 0.643. The van der Waals surface area contributed by atoms with E-state index in [1.165, 1.54) is 70.6 Å². The molecule has 0 aromatic heterocycles. The summed E-state index contributed by atoms with van der Waals surface area (Å²) in [7, 11) is 0. The summed E-state index contributed by atoms with van der Waals surface area (Å²) in [5.41, 5.74) is 0. The zero-order valence-electron chi connectivity index (χ0n) is 40.0. The standard InChI is InChI=1S/C56H93NO5/c1-4-7-10-13-16-19-22-25-28-29-32-35-38-41-44-47-52(62-56(61)49-46-43-40-37-34-31-27-24-21-18-15-12-9-6-3)50-55(60)57-53(51-58)54(59)48-45-42-39-36-33-30-26-23-20-17-14-11-8-5-2/h7,9-10,12-13,16,18-19,21-22,25,27-29,31-32,35,38,52-54,58-59H,4-6,8,11,14-15,17,20,23-24,26,30,33-34,36-37,39-51H2,1-3H3,(H,57,60)/b10-7-,12-9+,16-13+,21-18+,22-19+,28-25-,31-27+,32-29+,38-35+. The molecule has 3 atom stereocenters. The lowest BCUT2D eigenvalue weighted by molar-refractivity contribution is -0.151. The fourth-order valence-corrected chi connectivity index (χ4v) is 7.01. The first-order chi connectivity index (χ1) is 30.5. The highest BCUT2D eigenvalue weighted by Crippen LogP contribution is 2.16. The van der Waals surface area contributed by atoms with Crippen molar-refractivity contribution in [3.8, 4) is 0 Å². The van der Waals surface area contributed by atoms with Crippen molar-refractivity contribution in [2.75, 3.05) is 6.61 Å². The summed E-state index contributed by atoms with van der Waals surface area (Å²) in [5.74, 6) is -0.585. The molecule has 0 fully saturated rings. The summed E-state index contributed by atoms with van der Waals surface area (Å²) in [4.78, 5) is 26.1. The van der Waals surface area contributed by atoms with E-state index in [0.717, 1.165) is 89.9 Å². The Labute approximate surface area is 381 Å². The number of aliphatic hydroxyl groups is 2. The average molecular weight is 860 g/mol. The lowest BCUT2D eigenvalue weighted by atomic mass is 10.0. The van der Waals surface area contributed by atoms with Gasteiger partial charge in [-0.2, -0.15) is 0 Å². The van der Waals surface area contributed by atoms with Crippen LogP contribution < -0.4 is 5.32 Å². The summed E-state index contributed by atoms with van der Waals surface area (Å²) >= 11 is 0. The van der Waals surface area contributed by atoms with Gasteiger partial charge in [0.05, 0.1) is 25.2 Å². The third kappa shape index (κ3) is 43.2. The van der Waals surface area contributed by atoms with E-state index in [4.69, 9.17) is 4.74 Å². The van der Waals surface area contributed by atoms with E-state index in [1.807, 2.05) is 60.8 Å². The van der Waals surface area contributed by atoms with Crippen molar-refractivity contribution in [3.05, 3.63) is 109 Å². The molecule has 0 aromatic carbocycles. The van der Waals surface area contributed by atoms with Gasteiger partial charge in [-0.25, -0.2) is 0 Å². The first-order valence-corrected chi connectivity index (χ1v) is 25.2. The largest absolute Gasteiger partial charge is 0.462 e. The molecule has 0 radical (unpaired) electrons. The van der Waals surface area contributed by atoms with Crippen LogP contribution in [0, 0.1) is 0 Å². The number of allylic oxidation sites excluding steroid dienone is 18. The number of ether oxygens (including phenoxy) is 1. The molecule has 0 heterocycles. The number of aliphatic hydroxyl groups excluding tert-OH is 2. The predicted octanol–water partition coefficient (Wildman–Crippen LogP) is 15.1. The minimum absolute atomic E-state index is 0.0107. The number of hydrogen-bond acceptors (Lipinski definition) is 5. The number of rotatable bonds is 43. The second-order valence-corrected chi connectivity index (χ2v) is 16.6. The maximum Gasteiger partial charge on any atom is 0.306 e. The van der Waals surface area contributed by atoms with Crippen molar-refractivity contribution < 1.29 is 24.5 Å². The van der Waals surface area contributed by atoms with Crippen molar-refractivity contribution >= 4 is 11.9 Å². The van der Waals surface area contributed by atoms with Crippen LogP contribution in [0.3, 0.4) is 0 Å². The molecule has 0 saturated carbocycles. The topological polar surface area (TPSA) is 95.9 Å². The minimum atomic E-state index is -0.818. The monoisotopic (exact) mass is 860 g/mol. The summed E-state index contributed by atoms with van der Waals surface area (Å²) in [5, 5.41) is 23.7. The third-order valence-electron chi connectivity index (χ3n) is 10.8. The normalized spacial score (nSPS) is 14.2. The maximum atomic E-state index is 13.2. The molecule has 0 aliphatic rings. The zero-order valence-corrected chi connectivity index (χ0v) is 40.0. The van der Waals surface area contributed by atoms with E-state index in [0.29, 0.717) is 19.3 Å². The molecule has 0 rings (SSSR count). The van der Waals surface area contributed by atoms with Gasteiger partial charge in [0.15, 0.2) is 0 Å². The molecule has 62 heavy (non-hydrogen) atoms. The molecule has 352 valence electrons. The molecule has 3 unspecified atom stereocenters. The lowest BCUT2D eigenvalue weighted by Gasteiger charge is -2.24. The summed E-state index contributed by atoms with van der Waals surface area (Å²) in [6.07, 6.45) is 65.7. The van der Waals surface area contributed by atoms with Gasteiger partial charge >= 0.3 is 5.97 Å². The van der Waals surface area contributed by atoms with Crippen molar-refractivity contribution in [2.24, 2.45) is 0 Å². The molecule has 0 bridgehead atoms. The first-order valence-electron chi connectivity index (χ1n) is 25.2. The average Bonchev–Trinajstić information content (AvgIpc) is 3.26. The quantitative estimate of drug-likeness (QED) is 0.0246. The zero-order chi connectivity index (χ0) is 45.2. The second kappa shape index (κ2) is 48.6. The van der Waals surface area contributed by atoms with E-state index in [2.05, 4.69) is 74.7 Å². The summed E-state index contributed by atoms with van der Waals surface area (Å²) in [6.45, 7) is 6.19. The smallest absolute Gasteiger partial charge is 0.306 e. The summed E-state index contributed by atoms with van der Waals surface area (Å²) < 4.78 is 5.88.